The summed E-state index contributed by atoms with van der Waals surface area (Å²) in [5.74, 6) is 1.60. The van der Waals surface area contributed by atoms with Crippen LogP contribution >= 0.6 is 0 Å². The fourth-order valence-electron chi connectivity index (χ4n) is 3.88. The maximum absolute atomic E-state index is 9.32. The molecule has 80 valence electrons. The second kappa shape index (κ2) is 2.99. The Morgan fingerprint density at radius 2 is 1.67 bits per heavy atom. The summed E-state index contributed by atoms with van der Waals surface area (Å²) >= 11 is 0. The van der Waals surface area contributed by atoms with Gasteiger partial charge in [-0.3, -0.25) is 0 Å². The molecular weight excluding hydrogens is 184 g/mol. The van der Waals surface area contributed by atoms with Crippen molar-refractivity contribution in [3.63, 3.8) is 0 Å². The highest BCUT2D eigenvalue weighted by atomic mass is 14.7. The zero-order valence-electron chi connectivity index (χ0n) is 9.75. The van der Waals surface area contributed by atoms with Gasteiger partial charge >= 0.3 is 0 Å². The van der Waals surface area contributed by atoms with Gasteiger partial charge < -0.3 is 0 Å². The minimum Gasteiger partial charge on any atom is -0.197 e. The molecule has 0 heterocycles. The van der Waals surface area contributed by atoms with Crippen LogP contribution in [0.5, 0.6) is 0 Å². The van der Waals surface area contributed by atoms with Gasteiger partial charge in [-0.05, 0) is 30.6 Å². The van der Waals surface area contributed by atoms with Crippen molar-refractivity contribution in [3.8, 4) is 12.1 Å². The first-order chi connectivity index (χ1) is 6.99. The van der Waals surface area contributed by atoms with E-state index in [1.54, 1.807) is 0 Å². The second-order valence-electron chi connectivity index (χ2n) is 5.88. The Balaban J connectivity index is 2.34. The van der Waals surface area contributed by atoms with Gasteiger partial charge in [0.2, 0.25) is 0 Å². The lowest BCUT2D eigenvalue weighted by Crippen LogP contribution is -2.63. The molecule has 2 heteroatoms. The third kappa shape index (κ3) is 1.03. The molecule has 0 amide bonds. The Labute approximate surface area is 91.9 Å². The predicted octanol–water partition coefficient (Wildman–Crippen LogP) is 3.11. The average Bonchev–Trinajstić information content (AvgIpc) is 2.19. The van der Waals surface area contributed by atoms with Crippen LogP contribution in [0.15, 0.2) is 0 Å². The summed E-state index contributed by atoms with van der Waals surface area (Å²) in [7, 11) is 0. The van der Waals surface area contributed by atoms with Crippen LogP contribution in [-0.4, -0.2) is 0 Å². The topological polar surface area (TPSA) is 47.6 Å². The fraction of sp³-hybridized carbons (Fsp3) is 0.846. The highest BCUT2D eigenvalue weighted by molar-refractivity contribution is 5.32. The van der Waals surface area contributed by atoms with E-state index in [0.29, 0.717) is 17.8 Å². The van der Waals surface area contributed by atoms with Crippen molar-refractivity contribution >= 4 is 0 Å². The molecule has 0 aromatic heterocycles. The van der Waals surface area contributed by atoms with E-state index in [2.05, 4.69) is 32.9 Å². The highest BCUT2D eigenvalue weighted by Gasteiger charge is 2.68. The summed E-state index contributed by atoms with van der Waals surface area (Å²) in [6, 6.07) is 4.63. The van der Waals surface area contributed by atoms with Crippen LogP contribution in [0.4, 0.5) is 0 Å². The lowest BCUT2D eigenvalue weighted by Gasteiger charge is -2.63. The lowest BCUT2D eigenvalue weighted by atomic mass is 9.37. The summed E-state index contributed by atoms with van der Waals surface area (Å²) in [6.45, 7) is 6.42. The van der Waals surface area contributed by atoms with E-state index < -0.39 is 5.41 Å². The van der Waals surface area contributed by atoms with E-state index in [1.807, 2.05) is 0 Å². The van der Waals surface area contributed by atoms with Crippen molar-refractivity contribution in [2.45, 2.75) is 40.0 Å². The summed E-state index contributed by atoms with van der Waals surface area (Å²) in [5, 5.41) is 18.6. The first-order valence-corrected chi connectivity index (χ1v) is 5.82. The molecule has 2 fully saturated rings. The van der Waals surface area contributed by atoms with E-state index in [9.17, 15) is 10.5 Å². The molecule has 2 nitrogen and oxygen atoms in total. The molecule has 0 spiro atoms. The zero-order valence-corrected chi connectivity index (χ0v) is 9.75. The smallest absolute Gasteiger partial charge is 0.152 e. The van der Waals surface area contributed by atoms with E-state index >= 15 is 0 Å². The molecule has 0 N–H and O–H groups in total. The number of nitriles is 2. The lowest BCUT2D eigenvalue weighted by molar-refractivity contribution is -0.146. The molecule has 0 aliphatic heterocycles. The third-order valence-corrected chi connectivity index (χ3v) is 4.96. The normalized spacial score (nSPS) is 40.5. The average molecular weight is 202 g/mol. The summed E-state index contributed by atoms with van der Waals surface area (Å²) < 4.78 is 0. The first-order valence-electron chi connectivity index (χ1n) is 5.82. The summed E-state index contributed by atoms with van der Waals surface area (Å²) in [4.78, 5) is 0. The third-order valence-electron chi connectivity index (χ3n) is 4.96. The van der Waals surface area contributed by atoms with E-state index in [0.717, 1.165) is 6.42 Å². The van der Waals surface area contributed by atoms with E-state index in [4.69, 9.17) is 0 Å². The molecule has 0 bridgehead atoms. The van der Waals surface area contributed by atoms with Crippen molar-refractivity contribution in [2.75, 3.05) is 0 Å². The number of hydrogen-bond donors (Lipinski definition) is 0. The molecule has 0 saturated heterocycles. The molecule has 2 saturated carbocycles. The van der Waals surface area contributed by atoms with Gasteiger partial charge in [0.25, 0.3) is 0 Å². The SMILES string of the molecule is C[C@@H]1CC[C@@H]2[C@@H](C1)C(C#N)(C#N)C2(C)C. The standard InChI is InChI=1S/C13H18N2/c1-9-4-5-10-11(6-9)13(7-14,8-15)12(10,2)3/h9-11H,4-6H2,1-3H3/t9-,10-,11-/m1/s1. The maximum atomic E-state index is 9.32. The highest BCUT2D eigenvalue weighted by Crippen LogP contribution is 2.68. The first kappa shape index (κ1) is 10.5. The van der Waals surface area contributed by atoms with Crippen molar-refractivity contribution in [1.29, 1.82) is 10.5 Å². The van der Waals surface area contributed by atoms with Crippen LogP contribution in [-0.2, 0) is 0 Å². The zero-order chi connectivity index (χ0) is 11.3. The second-order valence-corrected chi connectivity index (χ2v) is 5.88. The monoisotopic (exact) mass is 202 g/mol. The van der Waals surface area contributed by atoms with Crippen LogP contribution < -0.4 is 0 Å². The van der Waals surface area contributed by atoms with Gasteiger partial charge in [0.05, 0.1) is 12.1 Å². The van der Waals surface area contributed by atoms with Crippen LogP contribution in [0, 0.1) is 51.2 Å². The Hall–Kier alpha value is -1.02. The van der Waals surface area contributed by atoms with Gasteiger partial charge in [-0.25, -0.2) is 0 Å². The van der Waals surface area contributed by atoms with Crippen molar-refractivity contribution in [1.82, 2.24) is 0 Å². The minimum atomic E-state index is -0.716. The molecule has 0 radical (unpaired) electrons. The van der Waals surface area contributed by atoms with E-state index in [-0.39, 0.29) is 5.41 Å². The molecule has 0 aromatic rings. The van der Waals surface area contributed by atoms with Gasteiger partial charge in [-0.2, -0.15) is 10.5 Å². The fourth-order valence-corrected chi connectivity index (χ4v) is 3.88. The number of fused-ring (bicyclic) bond motifs is 1. The van der Waals surface area contributed by atoms with Crippen molar-refractivity contribution < 1.29 is 0 Å². The molecule has 2 rings (SSSR count). The van der Waals surface area contributed by atoms with Crippen LogP contribution in [0.25, 0.3) is 0 Å². The molecular formula is C13H18N2. The van der Waals surface area contributed by atoms with Crippen LogP contribution in [0.1, 0.15) is 40.0 Å². The van der Waals surface area contributed by atoms with Gasteiger partial charge in [-0.15, -0.1) is 0 Å². The van der Waals surface area contributed by atoms with Gasteiger partial charge in [0, 0.05) is 5.41 Å². The molecule has 2 aliphatic rings. The molecule has 2 aliphatic carbocycles. The number of nitrogens with zero attached hydrogens (tertiary/aromatic N) is 2. The molecule has 0 aromatic carbocycles. The quantitative estimate of drug-likeness (QED) is 0.606. The Morgan fingerprint density at radius 1 is 1.07 bits per heavy atom. The Morgan fingerprint density at radius 3 is 2.20 bits per heavy atom. The molecule has 0 unspecified atom stereocenters. The van der Waals surface area contributed by atoms with Gasteiger partial charge in [0.1, 0.15) is 0 Å². The van der Waals surface area contributed by atoms with Crippen LogP contribution in [0.2, 0.25) is 0 Å². The maximum Gasteiger partial charge on any atom is 0.152 e. The predicted molar refractivity (Wildman–Crippen MR) is 57.4 cm³/mol. The van der Waals surface area contributed by atoms with Crippen LogP contribution in [0.3, 0.4) is 0 Å². The van der Waals surface area contributed by atoms with Gasteiger partial charge in [-0.1, -0.05) is 27.2 Å². The minimum absolute atomic E-state index is 0.110. The largest absolute Gasteiger partial charge is 0.197 e. The Kier molecular flexibility index (Phi) is 2.09. The van der Waals surface area contributed by atoms with Crippen molar-refractivity contribution in [3.05, 3.63) is 0 Å². The summed E-state index contributed by atoms with van der Waals surface area (Å²) in [6.07, 6.45) is 3.52. The van der Waals surface area contributed by atoms with E-state index in [1.165, 1.54) is 12.8 Å². The van der Waals surface area contributed by atoms with Gasteiger partial charge in [0.15, 0.2) is 5.41 Å². The number of rotatable bonds is 0. The summed E-state index contributed by atoms with van der Waals surface area (Å²) in [5.41, 5.74) is -0.826. The van der Waals surface area contributed by atoms with Crippen molar-refractivity contribution in [2.24, 2.45) is 28.6 Å². The molecule has 15 heavy (non-hydrogen) atoms. The number of hydrogen-bond acceptors (Lipinski definition) is 2. The molecule has 3 atom stereocenters. The Bertz CT molecular complexity index is 342.